The lowest BCUT2D eigenvalue weighted by Gasteiger charge is -2.05. The summed E-state index contributed by atoms with van der Waals surface area (Å²) in [4.78, 5) is 33.5. The third-order valence-electron chi connectivity index (χ3n) is 2.93. The van der Waals surface area contributed by atoms with Crippen LogP contribution in [0.2, 0.25) is 0 Å². The van der Waals surface area contributed by atoms with Gasteiger partial charge in [0.05, 0.1) is 6.61 Å². The van der Waals surface area contributed by atoms with Gasteiger partial charge in [0, 0.05) is 18.1 Å². The summed E-state index contributed by atoms with van der Waals surface area (Å²) in [5.74, 6) is -0.364. The van der Waals surface area contributed by atoms with Crippen molar-refractivity contribution in [3.8, 4) is 5.75 Å². The monoisotopic (exact) mass is 304 g/mol. The van der Waals surface area contributed by atoms with Crippen molar-refractivity contribution in [2.24, 2.45) is 0 Å². The fraction of sp³-hybridized carbons (Fsp3) is 0.353. The minimum atomic E-state index is -0.437. The molecule has 22 heavy (non-hydrogen) atoms. The van der Waals surface area contributed by atoms with Crippen LogP contribution in [-0.4, -0.2) is 24.3 Å². The quantitative estimate of drug-likeness (QED) is 0.230. The van der Waals surface area contributed by atoms with Crippen LogP contribution in [0.1, 0.15) is 43.0 Å². The molecule has 0 aromatic heterocycles. The first kappa shape index (κ1) is 17.6. The summed E-state index contributed by atoms with van der Waals surface area (Å²) in [5, 5.41) is 0. The number of carbonyl (C=O) groups is 3. The SMILES string of the molecule is C=CC(=O)OCCCCCC(=O)Oc1ccc(C(C)=O)cc1. The fourth-order valence-electron chi connectivity index (χ4n) is 1.72. The predicted octanol–water partition coefficient (Wildman–Crippen LogP) is 3.08. The summed E-state index contributed by atoms with van der Waals surface area (Å²) >= 11 is 0. The van der Waals surface area contributed by atoms with Gasteiger partial charge in [-0.05, 0) is 50.5 Å². The van der Waals surface area contributed by atoms with Gasteiger partial charge in [-0.25, -0.2) is 4.79 Å². The maximum atomic E-state index is 11.6. The van der Waals surface area contributed by atoms with Gasteiger partial charge in [-0.15, -0.1) is 0 Å². The number of hydrogen-bond acceptors (Lipinski definition) is 5. The third-order valence-corrected chi connectivity index (χ3v) is 2.93. The van der Waals surface area contributed by atoms with Gasteiger partial charge in [0.1, 0.15) is 5.75 Å². The Kier molecular flexibility index (Phi) is 7.61. The molecule has 0 spiro atoms. The normalized spacial score (nSPS) is 9.86. The molecule has 0 fully saturated rings. The highest BCUT2D eigenvalue weighted by Gasteiger charge is 2.06. The standard InChI is InChI=1S/C17H20O5/c1-3-16(19)21-12-6-4-5-7-17(20)22-15-10-8-14(9-11-15)13(2)18/h3,8-11H,1,4-7,12H2,2H3. The molecule has 0 N–H and O–H groups in total. The summed E-state index contributed by atoms with van der Waals surface area (Å²) in [6.07, 6.45) is 3.54. The van der Waals surface area contributed by atoms with Gasteiger partial charge in [0.25, 0.3) is 0 Å². The number of esters is 2. The summed E-state index contributed by atoms with van der Waals surface area (Å²) in [7, 11) is 0. The Bertz CT molecular complexity index is 530. The van der Waals surface area contributed by atoms with Crippen molar-refractivity contribution in [1.82, 2.24) is 0 Å². The smallest absolute Gasteiger partial charge is 0.330 e. The second-order valence-electron chi connectivity index (χ2n) is 4.74. The van der Waals surface area contributed by atoms with E-state index < -0.39 is 5.97 Å². The molecule has 1 aromatic carbocycles. The van der Waals surface area contributed by atoms with E-state index in [1.807, 2.05) is 0 Å². The van der Waals surface area contributed by atoms with Gasteiger partial charge >= 0.3 is 11.9 Å². The molecule has 5 heteroatoms. The number of carbonyl (C=O) groups excluding carboxylic acids is 3. The van der Waals surface area contributed by atoms with E-state index in [0.717, 1.165) is 12.5 Å². The zero-order chi connectivity index (χ0) is 16.4. The van der Waals surface area contributed by atoms with Crippen molar-refractivity contribution in [2.75, 3.05) is 6.61 Å². The molecule has 0 aliphatic heterocycles. The lowest BCUT2D eigenvalue weighted by molar-refractivity contribution is -0.138. The van der Waals surface area contributed by atoms with Crippen LogP contribution in [0.5, 0.6) is 5.75 Å². The third kappa shape index (κ3) is 6.83. The van der Waals surface area contributed by atoms with Crippen molar-refractivity contribution in [1.29, 1.82) is 0 Å². The molecule has 0 aliphatic rings. The van der Waals surface area contributed by atoms with E-state index in [1.54, 1.807) is 24.3 Å². The topological polar surface area (TPSA) is 69.7 Å². The molecule has 0 saturated heterocycles. The van der Waals surface area contributed by atoms with Crippen molar-refractivity contribution in [2.45, 2.75) is 32.6 Å². The molecule has 0 radical (unpaired) electrons. The number of unbranched alkanes of at least 4 members (excludes halogenated alkanes) is 2. The molecular formula is C17H20O5. The highest BCUT2D eigenvalue weighted by molar-refractivity contribution is 5.94. The molecule has 0 heterocycles. The summed E-state index contributed by atoms with van der Waals surface area (Å²) < 4.78 is 9.99. The zero-order valence-electron chi connectivity index (χ0n) is 12.7. The minimum absolute atomic E-state index is 0.0324. The Hall–Kier alpha value is -2.43. The van der Waals surface area contributed by atoms with Crippen LogP contribution in [-0.2, 0) is 14.3 Å². The van der Waals surface area contributed by atoms with E-state index in [0.29, 0.717) is 37.2 Å². The number of benzene rings is 1. The number of ether oxygens (including phenoxy) is 2. The van der Waals surface area contributed by atoms with Crippen LogP contribution in [0.25, 0.3) is 0 Å². The highest BCUT2D eigenvalue weighted by atomic mass is 16.5. The molecule has 5 nitrogen and oxygen atoms in total. The maximum Gasteiger partial charge on any atom is 0.330 e. The largest absolute Gasteiger partial charge is 0.463 e. The Morgan fingerprint density at radius 3 is 2.36 bits per heavy atom. The van der Waals surface area contributed by atoms with E-state index in [-0.39, 0.29) is 11.8 Å². The van der Waals surface area contributed by atoms with Crippen molar-refractivity contribution < 1.29 is 23.9 Å². The van der Waals surface area contributed by atoms with Crippen LogP contribution in [0.3, 0.4) is 0 Å². The number of ketones is 1. The van der Waals surface area contributed by atoms with Crippen LogP contribution in [0, 0.1) is 0 Å². The van der Waals surface area contributed by atoms with Gasteiger partial charge in [-0.1, -0.05) is 6.58 Å². The van der Waals surface area contributed by atoms with E-state index in [2.05, 4.69) is 6.58 Å². The molecule has 0 unspecified atom stereocenters. The Balaban J connectivity index is 2.19. The average Bonchev–Trinajstić information content (AvgIpc) is 2.50. The molecule has 0 aliphatic carbocycles. The van der Waals surface area contributed by atoms with Crippen LogP contribution < -0.4 is 4.74 Å². The van der Waals surface area contributed by atoms with Gasteiger partial charge in [-0.2, -0.15) is 0 Å². The van der Waals surface area contributed by atoms with Crippen LogP contribution in [0.4, 0.5) is 0 Å². The average molecular weight is 304 g/mol. The van der Waals surface area contributed by atoms with Crippen LogP contribution in [0.15, 0.2) is 36.9 Å². The molecule has 0 amide bonds. The zero-order valence-corrected chi connectivity index (χ0v) is 12.7. The van der Waals surface area contributed by atoms with Gasteiger partial charge in [0.2, 0.25) is 0 Å². The fourth-order valence-corrected chi connectivity index (χ4v) is 1.72. The van der Waals surface area contributed by atoms with E-state index in [4.69, 9.17) is 9.47 Å². The lowest BCUT2D eigenvalue weighted by Crippen LogP contribution is -2.08. The first-order valence-electron chi connectivity index (χ1n) is 7.14. The first-order valence-corrected chi connectivity index (χ1v) is 7.14. The van der Waals surface area contributed by atoms with E-state index in [1.165, 1.54) is 6.92 Å². The van der Waals surface area contributed by atoms with Gasteiger partial charge in [0.15, 0.2) is 5.78 Å². The predicted molar refractivity (Wildman–Crippen MR) is 81.7 cm³/mol. The number of rotatable bonds is 9. The first-order chi connectivity index (χ1) is 10.5. The number of hydrogen-bond donors (Lipinski definition) is 0. The Morgan fingerprint density at radius 2 is 1.77 bits per heavy atom. The van der Waals surface area contributed by atoms with Crippen molar-refractivity contribution in [3.05, 3.63) is 42.5 Å². The summed E-state index contributed by atoms with van der Waals surface area (Å²) in [5.41, 5.74) is 0.578. The molecule has 0 saturated carbocycles. The molecule has 118 valence electrons. The summed E-state index contributed by atoms with van der Waals surface area (Å²) in [6, 6.07) is 6.45. The van der Waals surface area contributed by atoms with Gasteiger partial charge in [-0.3, -0.25) is 9.59 Å². The Labute approximate surface area is 129 Å². The van der Waals surface area contributed by atoms with Crippen molar-refractivity contribution in [3.63, 3.8) is 0 Å². The number of Topliss-reactive ketones (excluding diaryl/α,β-unsaturated/α-hetero) is 1. The van der Waals surface area contributed by atoms with Crippen LogP contribution >= 0.6 is 0 Å². The minimum Gasteiger partial charge on any atom is -0.463 e. The second-order valence-corrected chi connectivity index (χ2v) is 4.74. The lowest BCUT2D eigenvalue weighted by atomic mass is 10.1. The highest BCUT2D eigenvalue weighted by Crippen LogP contribution is 2.14. The van der Waals surface area contributed by atoms with Crippen molar-refractivity contribution >= 4 is 17.7 Å². The summed E-state index contributed by atoms with van der Waals surface area (Å²) in [6.45, 7) is 5.10. The maximum absolute atomic E-state index is 11.6. The van der Waals surface area contributed by atoms with Gasteiger partial charge < -0.3 is 9.47 Å². The van der Waals surface area contributed by atoms with E-state index >= 15 is 0 Å². The van der Waals surface area contributed by atoms with E-state index in [9.17, 15) is 14.4 Å². The molecule has 0 bridgehead atoms. The molecular weight excluding hydrogens is 284 g/mol. The molecule has 1 rings (SSSR count). The Morgan fingerprint density at radius 1 is 1.09 bits per heavy atom. The second kappa shape index (κ2) is 9.50. The molecule has 0 atom stereocenters. The molecule has 1 aromatic rings.